The van der Waals surface area contributed by atoms with E-state index in [-0.39, 0.29) is 34.6 Å². The molecular formula is C17H22N2O5S2. The fourth-order valence-corrected chi connectivity index (χ4v) is 6.97. The first kappa shape index (κ1) is 19.0. The highest BCUT2D eigenvalue weighted by atomic mass is 32.2. The Morgan fingerprint density at radius 2 is 2.00 bits per heavy atom. The van der Waals surface area contributed by atoms with Gasteiger partial charge in [-0.3, -0.25) is 4.79 Å². The zero-order valence-corrected chi connectivity index (χ0v) is 16.8. The van der Waals surface area contributed by atoms with Crippen LogP contribution in [-0.4, -0.2) is 56.5 Å². The number of hydrogen-bond donors (Lipinski definition) is 0. The van der Waals surface area contributed by atoms with Crippen LogP contribution in [0, 0.1) is 5.92 Å². The fraction of sp³-hybridized carbons (Fsp3) is 0.529. The van der Waals surface area contributed by atoms with Gasteiger partial charge in [-0.15, -0.1) is 0 Å². The van der Waals surface area contributed by atoms with Crippen LogP contribution in [0.5, 0.6) is 11.5 Å². The summed E-state index contributed by atoms with van der Waals surface area (Å²) in [6, 6.07) is 5.02. The molecule has 2 fully saturated rings. The highest BCUT2D eigenvalue weighted by Crippen LogP contribution is 2.45. The smallest absolute Gasteiger partial charge is 0.250 e. The van der Waals surface area contributed by atoms with E-state index >= 15 is 0 Å². The van der Waals surface area contributed by atoms with Crippen LogP contribution in [0.25, 0.3) is 0 Å². The van der Waals surface area contributed by atoms with Gasteiger partial charge < -0.3 is 14.4 Å². The first-order valence-corrected chi connectivity index (χ1v) is 11.0. The molecular weight excluding hydrogens is 376 g/mol. The first-order chi connectivity index (χ1) is 12.3. The molecule has 0 aliphatic carbocycles. The minimum absolute atomic E-state index is 0.0277. The number of amidine groups is 1. The Morgan fingerprint density at radius 3 is 2.62 bits per heavy atom. The van der Waals surface area contributed by atoms with E-state index in [2.05, 4.69) is 4.99 Å². The van der Waals surface area contributed by atoms with Gasteiger partial charge >= 0.3 is 0 Å². The van der Waals surface area contributed by atoms with Gasteiger partial charge in [0.15, 0.2) is 15.0 Å². The molecule has 0 saturated carbocycles. The summed E-state index contributed by atoms with van der Waals surface area (Å²) < 4.78 is 35.0. The number of rotatable bonds is 4. The Hall–Kier alpha value is -1.74. The largest absolute Gasteiger partial charge is 0.497 e. The molecule has 0 bridgehead atoms. The number of benzene rings is 1. The van der Waals surface area contributed by atoms with Crippen molar-refractivity contribution in [3.8, 4) is 11.5 Å². The van der Waals surface area contributed by atoms with Gasteiger partial charge in [0.05, 0.1) is 37.5 Å². The lowest BCUT2D eigenvalue weighted by molar-refractivity contribution is -0.120. The fourth-order valence-electron chi connectivity index (χ4n) is 3.05. The van der Waals surface area contributed by atoms with Gasteiger partial charge in [0.25, 0.3) is 5.91 Å². The van der Waals surface area contributed by atoms with Crippen LogP contribution < -0.4 is 14.4 Å². The van der Waals surface area contributed by atoms with Crippen molar-refractivity contribution in [2.24, 2.45) is 10.9 Å². The van der Waals surface area contributed by atoms with Crippen molar-refractivity contribution >= 4 is 38.4 Å². The van der Waals surface area contributed by atoms with Crippen LogP contribution in [0.15, 0.2) is 23.2 Å². The maximum Gasteiger partial charge on any atom is 0.250 e. The van der Waals surface area contributed by atoms with Crippen LogP contribution >= 0.6 is 11.8 Å². The topological polar surface area (TPSA) is 85.3 Å². The third kappa shape index (κ3) is 3.55. The monoisotopic (exact) mass is 398 g/mol. The molecule has 1 aromatic carbocycles. The van der Waals surface area contributed by atoms with Crippen LogP contribution in [0.1, 0.15) is 13.8 Å². The zero-order valence-electron chi connectivity index (χ0n) is 15.1. The molecule has 2 atom stereocenters. The van der Waals surface area contributed by atoms with Gasteiger partial charge in [0.1, 0.15) is 11.5 Å². The second-order valence-corrected chi connectivity index (χ2v) is 9.96. The molecule has 3 rings (SSSR count). The predicted molar refractivity (Wildman–Crippen MR) is 103 cm³/mol. The molecule has 1 amide bonds. The lowest BCUT2D eigenvalue weighted by Gasteiger charge is -2.26. The molecule has 0 spiro atoms. The van der Waals surface area contributed by atoms with Crippen molar-refractivity contribution in [2.75, 3.05) is 30.6 Å². The van der Waals surface area contributed by atoms with E-state index in [1.807, 2.05) is 4.90 Å². The number of sulfone groups is 1. The molecule has 2 aliphatic heterocycles. The lowest BCUT2D eigenvalue weighted by Crippen LogP contribution is -2.38. The Kier molecular flexibility index (Phi) is 5.21. The number of hydrogen-bond acceptors (Lipinski definition) is 6. The van der Waals surface area contributed by atoms with Crippen LogP contribution in [0.2, 0.25) is 0 Å². The summed E-state index contributed by atoms with van der Waals surface area (Å²) in [7, 11) is -0.0153. The Morgan fingerprint density at radius 1 is 1.27 bits per heavy atom. The third-order valence-electron chi connectivity index (χ3n) is 4.41. The predicted octanol–water partition coefficient (Wildman–Crippen LogP) is 1.96. The van der Waals surface area contributed by atoms with Crippen molar-refractivity contribution in [1.29, 1.82) is 0 Å². The van der Waals surface area contributed by atoms with Crippen molar-refractivity contribution in [3.63, 3.8) is 0 Å². The van der Waals surface area contributed by atoms with Crippen molar-refractivity contribution in [2.45, 2.75) is 25.1 Å². The maximum atomic E-state index is 12.2. The summed E-state index contributed by atoms with van der Waals surface area (Å²) in [5.74, 6) is 0.828. The number of nitrogens with zero attached hydrogens (tertiary/aromatic N) is 2. The highest BCUT2D eigenvalue weighted by Gasteiger charge is 2.50. The van der Waals surface area contributed by atoms with E-state index in [1.54, 1.807) is 46.3 Å². The number of ether oxygens (including phenoxy) is 2. The number of amides is 1. The molecule has 26 heavy (non-hydrogen) atoms. The SMILES string of the molecule is COc1ccc(OC)c(N2C(=NC(=O)C(C)C)S[C@@H]3CS(=O)(=O)C[C@@H]32)c1. The number of fused-ring (bicyclic) bond motifs is 1. The summed E-state index contributed by atoms with van der Waals surface area (Å²) in [4.78, 5) is 18.3. The average Bonchev–Trinajstić information content (AvgIpc) is 3.04. The molecule has 0 unspecified atom stereocenters. The lowest BCUT2D eigenvalue weighted by atomic mass is 10.1. The molecule has 7 nitrogen and oxygen atoms in total. The van der Waals surface area contributed by atoms with Crippen molar-refractivity contribution in [1.82, 2.24) is 0 Å². The number of anilines is 1. The molecule has 0 radical (unpaired) electrons. The Bertz CT molecular complexity index is 851. The molecule has 1 aromatic rings. The van der Waals surface area contributed by atoms with E-state index in [0.29, 0.717) is 22.4 Å². The van der Waals surface area contributed by atoms with Crippen LogP contribution in [0.4, 0.5) is 5.69 Å². The van der Waals surface area contributed by atoms with E-state index in [4.69, 9.17) is 9.47 Å². The molecule has 2 aliphatic rings. The van der Waals surface area contributed by atoms with Gasteiger partial charge in [-0.1, -0.05) is 25.6 Å². The quantitative estimate of drug-likeness (QED) is 0.766. The Balaban J connectivity index is 2.11. The van der Waals surface area contributed by atoms with E-state index < -0.39 is 9.84 Å². The second kappa shape index (κ2) is 7.11. The molecule has 2 heterocycles. The number of carbonyl (C=O) groups is 1. The van der Waals surface area contributed by atoms with Gasteiger partial charge in [-0.2, -0.15) is 4.99 Å². The molecule has 2 saturated heterocycles. The van der Waals surface area contributed by atoms with Gasteiger partial charge in [-0.05, 0) is 12.1 Å². The van der Waals surface area contributed by atoms with Crippen molar-refractivity contribution in [3.05, 3.63) is 18.2 Å². The minimum Gasteiger partial charge on any atom is -0.497 e. The summed E-state index contributed by atoms with van der Waals surface area (Å²) in [6.45, 7) is 3.57. The molecule has 9 heteroatoms. The molecule has 0 N–H and O–H groups in total. The van der Waals surface area contributed by atoms with E-state index in [1.165, 1.54) is 11.8 Å². The second-order valence-electron chi connectivity index (χ2n) is 6.60. The Labute approximate surface area is 157 Å². The number of methoxy groups -OCH3 is 2. The zero-order chi connectivity index (χ0) is 19.1. The van der Waals surface area contributed by atoms with E-state index in [0.717, 1.165) is 0 Å². The summed E-state index contributed by atoms with van der Waals surface area (Å²) in [6.07, 6.45) is 0. The van der Waals surface area contributed by atoms with Gasteiger partial charge in [-0.25, -0.2) is 8.42 Å². The van der Waals surface area contributed by atoms with Crippen LogP contribution in [-0.2, 0) is 14.6 Å². The summed E-state index contributed by atoms with van der Waals surface area (Å²) in [5.41, 5.74) is 0.652. The van der Waals surface area contributed by atoms with Gasteiger partial charge in [0, 0.05) is 17.2 Å². The number of aliphatic imine (C=N–C) groups is 1. The highest BCUT2D eigenvalue weighted by molar-refractivity contribution is 8.16. The number of thioether (sulfide) groups is 1. The first-order valence-electron chi connectivity index (χ1n) is 8.26. The summed E-state index contributed by atoms with van der Waals surface area (Å²) >= 11 is 1.34. The van der Waals surface area contributed by atoms with Crippen molar-refractivity contribution < 1.29 is 22.7 Å². The maximum absolute atomic E-state index is 12.2. The molecule has 142 valence electrons. The third-order valence-corrected chi connectivity index (χ3v) is 7.62. The number of carbonyl (C=O) groups excluding carboxylic acids is 1. The van der Waals surface area contributed by atoms with E-state index in [9.17, 15) is 13.2 Å². The van der Waals surface area contributed by atoms with Crippen LogP contribution in [0.3, 0.4) is 0 Å². The standard InChI is InChI=1S/C17H22N2O5S2/c1-10(2)16(20)18-17-19(13-8-26(21,22)9-15(13)25-17)12-7-11(23-3)5-6-14(12)24-4/h5-7,10,13,15H,8-9H2,1-4H3/t13-,15+/m0/s1. The molecule has 0 aromatic heterocycles. The minimum atomic E-state index is -3.12. The summed E-state index contributed by atoms with van der Waals surface area (Å²) in [5, 5.41) is 0.356. The van der Waals surface area contributed by atoms with Gasteiger partial charge in [0.2, 0.25) is 0 Å². The average molecular weight is 399 g/mol. The normalized spacial score (nSPS) is 25.6.